The van der Waals surface area contributed by atoms with Crippen molar-refractivity contribution in [1.29, 1.82) is 0 Å². The summed E-state index contributed by atoms with van der Waals surface area (Å²) in [5.41, 5.74) is 0.254. The maximum Gasteiger partial charge on any atom is 0.260 e. The van der Waals surface area contributed by atoms with Crippen LogP contribution in [-0.4, -0.2) is 54.4 Å². The van der Waals surface area contributed by atoms with Gasteiger partial charge in [-0.3, -0.25) is 14.4 Å². The lowest BCUT2D eigenvalue weighted by molar-refractivity contribution is -0.130. The maximum absolute atomic E-state index is 11.9. The van der Waals surface area contributed by atoms with Gasteiger partial charge in [0.25, 0.3) is 11.5 Å². The van der Waals surface area contributed by atoms with Gasteiger partial charge in [-0.25, -0.2) is 0 Å². The molecule has 7 nitrogen and oxygen atoms in total. The molecule has 0 spiro atoms. The number of nitrogens with zero attached hydrogens (tertiary/aromatic N) is 1. The van der Waals surface area contributed by atoms with Crippen LogP contribution in [0.2, 0.25) is 0 Å². The van der Waals surface area contributed by atoms with Crippen LogP contribution in [0, 0.1) is 6.92 Å². The summed E-state index contributed by atoms with van der Waals surface area (Å²) in [4.78, 5) is 39.6. The molecule has 0 aromatic carbocycles. The molecule has 1 aliphatic rings. The minimum atomic E-state index is -0.533. The lowest BCUT2D eigenvalue weighted by Gasteiger charge is -2.27. The van der Waals surface area contributed by atoms with E-state index in [1.807, 2.05) is 0 Å². The fraction of sp³-hybridized carbons (Fsp3) is 0.462. The Balaban J connectivity index is 1.91. The highest BCUT2D eigenvalue weighted by atomic mass is 16.2. The van der Waals surface area contributed by atoms with E-state index in [0.29, 0.717) is 18.8 Å². The van der Waals surface area contributed by atoms with Gasteiger partial charge in [-0.1, -0.05) is 0 Å². The molecule has 108 valence electrons. The van der Waals surface area contributed by atoms with E-state index in [1.165, 1.54) is 6.07 Å². The first-order valence-electron chi connectivity index (χ1n) is 6.54. The van der Waals surface area contributed by atoms with Gasteiger partial charge in [-0.2, -0.15) is 0 Å². The van der Waals surface area contributed by atoms with E-state index in [0.717, 1.165) is 13.1 Å². The first-order chi connectivity index (χ1) is 9.58. The van der Waals surface area contributed by atoms with Crippen molar-refractivity contribution in [3.63, 3.8) is 0 Å². The van der Waals surface area contributed by atoms with Crippen LogP contribution < -0.4 is 16.2 Å². The summed E-state index contributed by atoms with van der Waals surface area (Å²) in [6, 6.07) is 3.10. The van der Waals surface area contributed by atoms with Crippen molar-refractivity contribution in [3.05, 3.63) is 33.7 Å². The van der Waals surface area contributed by atoms with Gasteiger partial charge in [0.2, 0.25) is 5.91 Å². The minimum Gasteiger partial charge on any atom is -0.343 e. The molecule has 2 rings (SSSR count). The third-order valence-corrected chi connectivity index (χ3v) is 3.17. The van der Waals surface area contributed by atoms with Gasteiger partial charge in [0.05, 0.1) is 6.54 Å². The Morgan fingerprint density at radius 2 is 2.00 bits per heavy atom. The number of rotatable bonds is 3. The Labute approximate surface area is 116 Å². The summed E-state index contributed by atoms with van der Waals surface area (Å²) in [5.74, 6) is -0.668. The largest absolute Gasteiger partial charge is 0.343 e. The molecule has 1 aromatic heterocycles. The van der Waals surface area contributed by atoms with E-state index in [9.17, 15) is 14.4 Å². The highest BCUT2D eigenvalue weighted by Gasteiger charge is 2.17. The topological polar surface area (TPSA) is 94.3 Å². The van der Waals surface area contributed by atoms with Crippen LogP contribution in [0.4, 0.5) is 0 Å². The number of nitrogens with one attached hydrogen (secondary N) is 3. The number of hydrogen-bond acceptors (Lipinski definition) is 4. The average molecular weight is 278 g/mol. The van der Waals surface area contributed by atoms with Crippen LogP contribution in [0.1, 0.15) is 16.1 Å². The normalized spacial score (nSPS) is 14.9. The number of pyridine rings is 1. The molecular formula is C13H18N4O3. The molecule has 0 bridgehead atoms. The summed E-state index contributed by atoms with van der Waals surface area (Å²) in [6.45, 7) is 4.44. The Morgan fingerprint density at radius 3 is 2.65 bits per heavy atom. The van der Waals surface area contributed by atoms with Gasteiger partial charge in [0.1, 0.15) is 5.56 Å². The summed E-state index contributed by atoms with van der Waals surface area (Å²) in [7, 11) is 0. The molecule has 1 fully saturated rings. The summed E-state index contributed by atoms with van der Waals surface area (Å²) < 4.78 is 0. The molecule has 0 unspecified atom stereocenters. The second kappa shape index (κ2) is 6.33. The quantitative estimate of drug-likeness (QED) is 0.650. The van der Waals surface area contributed by atoms with Gasteiger partial charge in [-0.05, 0) is 19.1 Å². The molecular weight excluding hydrogens is 260 g/mol. The molecule has 2 heterocycles. The fourth-order valence-corrected chi connectivity index (χ4v) is 2.03. The van der Waals surface area contributed by atoms with Crippen LogP contribution in [0.15, 0.2) is 16.9 Å². The van der Waals surface area contributed by atoms with E-state index >= 15 is 0 Å². The van der Waals surface area contributed by atoms with Crippen LogP contribution in [-0.2, 0) is 4.79 Å². The predicted octanol–water partition coefficient (Wildman–Crippen LogP) is -1.16. The van der Waals surface area contributed by atoms with E-state index in [4.69, 9.17) is 0 Å². The first-order valence-corrected chi connectivity index (χ1v) is 6.54. The number of H-pyrrole nitrogens is 1. The molecule has 7 heteroatoms. The Hall–Kier alpha value is -2.15. The van der Waals surface area contributed by atoms with Crippen LogP contribution in [0.25, 0.3) is 0 Å². The van der Waals surface area contributed by atoms with Gasteiger partial charge >= 0.3 is 0 Å². The first kappa shape index (κ1) is 14.3. The zero-order valence-corrected chi connectivity index (χ0v) is 11.4. The number of amides is 2. The number of aryl methyl sites for hydroxylation is 1. The van der Waals surface area contributed by atoms with E-state index in [2.05, 4.69) is 15.6 Å². The van der Waals surface area contributed by atoms with Crippen molar-refractivity contribution in [2.45, 2.75) is 6.92 Å². The number of piperazine rings is 1. The number of carbonyl (C=O) groups is 2. The average Bonchev–Trinajstić information content (AvgIpc) is 2.45. The van der Waals surface area contributed by atoms with Crippen molar-refractivity contribution in [3.8, 4) is 0 Å². The van der Waals surface area contributed by atoms with Crippen molar-refractivity contribution in [1.82, 2.24) is 20.5 Å². The SMILES string of the molecule is Cc1ccc(C(=O)NCC(=O)N2CCNCC2)c(=O)[nH]1. The van der Waals surface area contributed by atoms with E-state index in [1.54, 1.807) is 17.9 Å². The van der Waals surface area contributed by atoms with Crippen LogP contribution >= 0.6 is 0 Å². The number of hydrogen-bond donors (Lipinski definition) is 3. The minimum absolute atomic E-state index is 0.0173. The predicted molar refractivity (Wildman–Crippen MR) is 73.6 cm³/mol. The second-order valence-electron chi connectivity index (χ2n) is 4.70. The molecule has 2 amide bonds. The molecule has 0 aliphatic carbocycles. The Morgan fingerprint density at radius 1 is 1.30 bits per heavy atom. The zero-order valence-electron chi connectivity index (χ0n) is 11.4. The van der Waals surface area contributed by atoms with Gasteiger partial charge in [-0.15, -0.1) is 0 Å². The van der Waals surface area contributed by atoms with Crippen LogP contribution in [0.5, 0.6) is 0 Å². The molecule has 1 saturated heterocycles. The van der Waals surface area contributed by atoms with E-state index in [-0.39, 0.29) is 18.0 Å². The van der Waals surface area contributed by atoms with Crippen LogP contribution in [0.3, 0.4) is 0 Å². The number of aromatic amines is 1. The lowest BCUT2D eigenvalue weighted by atomic mass is 10.2. The highest BCUT2D eigenvalue weighted by molar-refractivity contribution is 5.96. The maximum atomic E-state index is 11.9. The standard InChI is InChI=1S/C13H18N4O3/c1-9-2-3-10(13(20)16-9)12(19)15-8-11(18)17-6-4-14-5-7-17/h2-3,14H,4-8H2,1H3,(H,15,19)(H,16,20). The lowest BCUT2D eigenvalue weighted by Crippen LogP contribution is -2.49. The fourth-order valence-electron chi connectivity index (χ4n) is 2.03. The monoisotopic (exact) mass is 278 g/mol. The summed E-state index contributed by atoms with van der Waals surface area (Å²) in [6.07, 6.45) is 0. The zero-order chi connectivity index (χ0) is 14.5. The Bertz CT molecular complexity index is 561. The van der Waals surface area contributed by atoms with Gasteiger partial charge < -0.3 is 20.5 Å². The molecule has 3 N–H and O–H groups in total. The molecule has 1 aromatic rings. The van der Waals surface area contributed by atoms with E-state index < -0.39 is 11.5 Å². The molecule has 0 atom stereocenters. The summed E-state index contributed by atoms with van der Waals surface area (Å²) in [5, 5.41) is 5.63. The molecule has 0 saturated carbocycles. The smallest absolute Gasteiger partial charge is 0.260 e. The molecule has 1 aliphatic heterocycles. The Kier molecular flexibility index (Phi) is 4.52. The highest BCUT2D eigenvalue weighted by Crippen LogP contribution is 1.95. The van der Waals surface area contributed by atoms with Crippen molar-refractivity contribution >= 4 is 11.8 Å². The second-order valence-corrected chi connectivity index (χ2v) is 4.70. The van der Waals surface area contributed by atoms with Crippen molar-refractivity contribution in [2.24, 2.45) is 0 Å². The molecule has 0 radical (unpaired) electrons. The third-order valence-electron chi connectivity index (χ3n) is 3.17. The summed E-state index contributed by atoms with van der Waals surface area (Å²) >= 11 is 0. The van der Waals surface area contributed by atoms with Gasteiger partial charge in [0.15, 0.2) is 0 Å². The number of aromatic nitrogens is 1. The van der Waals surface area contributed by atoms with Crippen molar-refractivity contribution < 1.29 is 9.59 Å². The third kappa shape index (κ3) is 3.45. The molecule has 20 heavy (non-hydrogen) atoms. The van der Waals surface area contributed by atoms with Gasteiger partial charge in [0, 0.05) is 31.9 Å². The number of carbonyl (C=O) groups excluding carboxylic acids is 2. The van der Waals surface area contributed by atoms with Crippen molar-refractivity contribution in [2.75, 3.05) is 32.7 Å².